The minimum atomic E-state index is 0.243. The van der Waals surface area contributed by atoms with E-state index in [1.54, 1.807) is 6.07 Å². The molecule has 13 heavy (non-hydrogen) atoms. The average molecular weight is 200 g/mol. The average Bonchev–Trinajstić information content (AvgIpc) is 2.16. The van der Waals surface area contributed by atoms with Crippen LogP contribution in [-0.4, -0.2) is 11.8 Å². The number of para-hydroxylation sites is 1. The fourth-order valence-corrected chi connectivity index (χ4v) is 1.01. The highest BCUT2D eigenvalue weighted by Crippen LogP contribution is 2.19. The van der Waals surface area contributed by atoms with E-state index in [9.17, 15) is 0 Å². The summed E-state index contributed by atoms with van der Waals surface area (Å²) in [5, 5.41) is 7.48. The lowest BCUT2D eigenvalue weighted by atomic mass is 10.3. The highest BCUT2D eigenvalue weighted by Gasteiger charge is 1.98. The van der Waals surface area contributed by atoms with E-state index in [0.717, 1.165) is 10.8 Å². The number of rotatable bonds is 4. The Labute approximate surface area is 80.9 Å². The van der Waals surface area contributed by atoms with Crippen LogP contribution in [0.2, 0.25) is 5.02 Å². The number of anilines is 1. The third-order valence-corrected chi connectivity index (χ3v) is 1.76. The van der Waals surface area contributed by atoms with Crippen molar-refractivity contribution in [3.8, 4) is 0 Å². The van der Waals surface area contributed by atoms with Gasteiger partial charge in [0.25, 0.3) is 0 Å². The van der Waals surface area contributed by atoms with E-state index in [4.69, 9.17) is 23.0 Å². The van der Waals surface area contributed by atoms with Crippen molar-refractivity contribution >= 4 is 17.3 Å². The molecule has 70 valence electrons. The molecule has 0 fully saturated rings. The molecule has 5 nitrogen and oxygen atoms in total. The second-order valence-electron chi connectivity index (χ2n) is 2.35. The second-order valence-corrected chi connectivity index (χ2v) is 2.76. The van der Waals surface area contributed by atoms with Gasteiger partial charge in [-0.05, 0) is 12.1 Å². The van der Waals surface area contributed by atoms with Crippen molar-refractivity contribution in [2.24, 2.45) is 11.1 Å². The van der Waals surface area contributed by atoms with Crippen LogP contribution in [0.5, 0.6) is 0 Å². The molecule has 1 rings (SSSR count). The smallest absolute Gasteiger partial charge is 0.123 e. The van der Waals surface area contributed by atoms with E-state index in [1.165, 1.54) is 0 Å². The summed E-state index contributed by atoms with van der Waals surface area (Å²) in [6, 6.07) is 7.28. The molecule has 0 radical (unpaired) electrons. The van der Waals surface area contributed by atoms with Crippen LogP contribution in [0.4, 0.5) is 5.69 Å². The summed E-state index contributed by atoms with van der Waals surface area (Å²) in [7, 11) is 0. The monoisotopic (exact) mass is 199 g/mol. The molecule has 6 heteroatoms. The first-order valence-electron chi connectivity index (χ1n) is 3.62. The zero-order valence-corrected chi connectivity index (χ0v) is 7.62. The summed E-state index contributed by atoms with van der Waals surface area (Å²) >= 11 is 5.85. The van der Waals surface area contributed by atoms with Crippen molar-refractivity contribution in [1.82, 2.24) is 5.12 Å². The quantitative estimate of drug-likeness (QED) is 0.300. The maximum atomic E-state index is 6.58. The summed E-state index contributed by atoms with van der Waals surface area (Å²) in [4.78, 5) is 0. The largest absolute Gasteiger partial charge is 0.364 e. The van der Waals surface area contributed by atoms with Crippen molar-refractivity contribution in [3.05, 3.63) is 29.3 Å². The van der Waals surface area contributed by atoms with E-state index in [0.29, 0.717) is 5.02 Å². The van der Waals surface area contributed by atoms with Gasteiger partial charge in [-0.25, -0.2) is 5.84 Å². The molecule has 0 spiro atoms. The number of nitrogens with two attached hydrogens (primary N) is 1. The maximum Gasteiger partial charge on any atom is 0.123 e. The lowest BCUT2D eigenvalue weighted by Crippen LogP contribution is -2.30. The van der Waals surface area contributed by atoms with E-state index >= 15 is 0 Å². The molecule has 1 aromatic carbocycles. The molecule has 0 saturated heterocycles. The number of hydrazine groups is 1. The standard InChI is InChI=1S/C7H10ClN5/c8-6-3-1-2-4-7(6)11-5-13(10)12-9/h1-4,9,11H,5,10H2. The van der Waals surface area contributed by atoms with Gasteiger partial charge in [-0.1, -0.05) is 29.0 Å². The van der Waals surface area contributed by atoms with Crippen LogP contribution in [0.3, 0.4) is 0 Å². The number of benzene rings is 1. The third-order valence-electron chi connectivity index (χ3n) is 1.43. The maximum absolute atomic E-state index is 6.58. The van der Waals surface area contributed by atoms with Crippen molar-refractivity contribution < 1.29 is 0 Å². The fourth-order valence-electron chi connectivity index (χ4n) is 0.806. The van der Waals surface area contributed by atoms with E-state index in [2.05, 4.69) is 10.5 Å². The summed E-state index contributed by atoms with van der Waals surface area (Å²) in [5.74, 6) is 5.24. The van der Waals surface area contributed by atoms with Gasteiger partial charge in [0, 0.05) is 0 Å². The Kier molecular flexibility index (Phi) is 3.48. The Hall–Kier alpha value is -1.33. The van der Waals surface area contributed by atoms with Crippen LogP contribution in [0.15, 0.2) is 29.5 Å². The minimum absolute atomic E-state index is 0.243. The first-order valence-corrected chi connectivity index (χ1v) is 4.00. The minimum Gasteiger partial charge on any atom is -0.364 e. The van der Waals surface area contributed by atoms with Gasteiger partial charge in [-0.2, -0.15) is 10.6 Å². The molecule has 0 saturated carbocycles. The molecule has 0 aliphatic heterocycles. The second kappa shape index (κ2) is 4.64. The zero-order valence-electron chi connectivity index (χ0n) is 6.87. The molecule has 0 atom stereocenters. The first kappa shape index (κ1) is 9.76. The molecule has 0 aromatic heterocycles. The Morgan fingerprint density at radius 3 is 2.85 bits per heavy atom. The van der Waals surface area contributed by atoms with Crippen LogP contribution in [0, 0.1) is 5.53 Å². The molecule has 0 heterocycles. The molecule has 0 bridgehead atoms. The van der Waals surface area contributed by atoms with E-state index in [-0.39, 0.29) is 6.67 Å². The highest BCUT2D eigenvalue weighted by atomic mass is 35.5. The molecule has 0 aliphatic carbocycles. The molecule has 0 amide bonds. The number of nitrogens with zero attached hydrogens (tertiary/aromatic N) is 2. The van der Waals surface area contributed by atoms with Gasteiger partial charge in [-0.15, -0.1) is 0 Å². The Balaban J connectivity index is 2.54. The molecule has 4 N–H and O–H groups in total. The van der Waals surface area contributed by atoms with Crippen LogP contribution < -0.4 is 11.2 Å². The lowest BCUT2D eigenvalue weighted by molar-refractivity contribution is 0.289. The van der Waals surface area contributed by atoms with Crippen LogP contribution >= 0.6 is 11.6 Å². The predicted octanol–water partition coefficient (Wildman–Crippen LogP) is 1.83. The Morgan fingerprint density at radius 2 is 2.23 bits per heavy atom. The predicted molar refractivity (Wildman–Crippen MR) is 51.1 cm³/mol. The zero-order chi connectivity index (χ0) is 9.68. The molecule has 1 aromatic rings. The van der Waals surface area contributed by atoms with Crippen molar-refractivity contribution in [3.63, 3.8) is 0 Å². The number of hydrogen-bond donors (Lipinski definition) is 3. The molecule has 0 unspecified atom stereocenters. The molecule has 0 aliphatic rings. The van der Waals surface area contributed by atoms with Gasteiger partial charge in [0.05, 0.1) is 10.7 Å². The summed E-state index contributed by atoms with van der Waals surface area (Å²) in [5.41, 5.74) is 7.35. The number of halogens is 1. The first-order chi connectivity index (χ1) is 6.24. The lowest BCUT2D eigenvalue weighted by Gasteiger charge is -2.12. The SMILES string of the molecule is N=NN(N)CNc1ccccc1Cl. The van der Waals surface area contributed by atoms with Gasteiger partial charge in [-0.3, -0.25) is 0 Å². The van der Waals surface area contributed by atoms with Crippen LogP contribution in [0.25, 0.3) is 0 Å². The highest BCUT2D eigenvalue weighted by molar-refractivity contribution is 6.33. The number of hydrogen-bond acceptors (Lipinski definition) is 4. The van der Waals surface area contributed by atoms with E-state index < -0.39 is 0 Å². The fraction of sp³-hybridized carbons (Fsp3) is 0.143. The van der Waals surface area contributed by atoms with Gasteiger partial charge in [0.1, 0.15) is 6.67 Å². The van der Waals surface area contributed by atoms with Crippen molar-refractivity contribution in [2.45, 2.75) is 0 Å². The van der Waals surface area contributed by atoms with Crippen molar-refractivity contribution in [1.29, 1.82) is 5.53 Å². The summed E-state index contributed by atoms with van der Waals surface area (Å²) in [6.45, 7) is 0.243. The van der Waals surface area contributed by atoms with Crippen LogP contribution in [0.1, 0.15) is 0 Å². The van der Waals surface area contributed by atoms with Crippen molar-refractivity contribution in [2.75, 3.05) is 12.0 Å². The van der Waals surface area contributed by atoms with Gasteiger partial charge < -0.3 is 5.32 Å². The molecular formula is C7H10ClN5. The number of nitrogens with one attached hydrogen (secondary N) is 2. The van der Waals surface area contributed by atoms with Crippen LogP contribution in [-0.2, 0) is 0 Å². The topological polar surface area (TPSA) is 77.5 Å². The van der Waals surface area contributed by atoms with Gasteiger partial charge >= 0.3 is 0 Å². The summed E-state index contributed by atoms with van der Waals surface area (Å²) < 4.78 is 0. The normalized spacial score (nSPS) is 9.38. The third kappa shape index (κ3) is 2.89. The van der Waals surface area contributed by atoms with E-state index in [1.807, 2.05) is 18.2 Å². The molecular weight excluding hydrogens is 190 g/mol. The van der Waals surface area contributed by atoms with Gasteiger partial charge in [0.2, 0.25) is 0 Å². The Morgan fingerprint density at radius 1 is 1.54 bits per heavy atom. The Bertz CT molecular complexity index is 290. The summed E-state index contributed by atoms with van der Waals surface area (Å²) in [6.07, 6.45) is 0. The van der Waals surface area contributed by atoms with Gasteiger partial charge in [0.15, 0.2) is 0 Å².